The number of pyridine rings is 1. The normalized spacial score (nSPS) is 10.3. The van der Waals surface area contributed by atoms with Gasteiger partial charge in [0.25, 0.3) is 0 Å². The SMILES string of the molecule is Cc1ccc(NCc2cccc(Br)n2)c(F)c1. The quantitative estimate of drug-likeness (QED) is 0.869. The number of aromatic nitrogens is 1. The molecule has 88 valence electrons. The van der Waals surface area contributed by atoms with E-state index in [9.17, 15) is 4.39 Å². The van der Waals surface area contributed by atoms with Crippen molar-refractivity contribution in [3.8, 4) is 0 Å². The van der Waals surface area contributed by atoms with Gasteiger partial charge in [-0.2, -0.15) is 0 Å². The largest absolute Gasteiger partial charge is 0.377 e. The fourth-order valence-electron chi connectivity index (χ4n) is 1.50. The summed E-state index contributed by atoms with van der Waals surface area (Å²) in [6, 6.07) is 10.8. The molecule has 0 atom stereocenters. The minimum absolute atomic E-state index is 0.236. The third kappa shape index (κ3) is 3.27. The third-order valence-electron chi connectivity index (χ3n) is 2.36. The summed E-state index contributed by atoms with van der Waals surface area (Å²) in [7, 11) is 0. The molecule has 0 radical (unpaired) electrons. The zero-order valence-electron chi connectivity index (χ0n) is 9.37. The van der Waals surface area contributed by atoms with Crippen LogP contribution < -0.4 is 5.32 Å². The Morgan fingerprint density at radius 1 is 1.29 bits per heavy atom. The average Bonchev–Trinajstić information content (AvgIpc) is 2.28. The van der Waals surface area contributed by atoms with Crippen LogP contribution in [0.15, 0.2) is 41.0 Å². The van der Waals surface area contributed by atoms with Gasteiger partial charge in [0.15, 0.2) is 0 Å². The molecule has 1 aromatic heterocycles. The number of aryl methyl sites for hydroxylation is 1. The zero-order chi connectivity index (χ0) is 12.3. The predicted octanol–water partition coefficient (Wildman–Crippen LogP) is 3.90. The molecule has 4 heteroatoms. The summed E-state index contributed by atoms with van der Waals surface area (Å²) in [6.07, 6.45) is 0. The van der Waals surface area contributed by atoms with E-state index in [2.05, 4.69) is 26.2 Å². The molecule has 0 fully saturated rings. The Labute approximate surface area is 108 Å². The van der Waals surface area contributed by atoms with E-state index in [0.717, 1.165) is 15.9 Å². The second-order valence-corrected chi connectivity index (χ2v) is 4.60. The van der Waals surface area contributed by atoms with Gasteiger partial charge in [-0.1, -0.05) is 12.1 Å². The Kier molecular flexibility index (Phi) is 3.74. The summed E-state index contributed by atoms with van der Waals surface area (Å²) in [4.78, 5) is 4.27. The second kappa shape index (κ2) is 5.27. The van der Waals surface area contributed by atoms with Crippen LogP contribution in [-0.4, -0.2) is 4.98 Å². The van der Waals surface area contributed by atoms with E-state index < -0.39 is 0 Å². The Bertz CT molecular complexity index is 529. The van der Waals surface area contributed by atoms with Crippen LogP contribution in [0.5, 0.6) is 0 Å². The Morgan fingerprint density at radius 3 is 2.82 bits per heavy atom. The van der Waals surface area contributed by atoms with Crippen molar-refractivity contribution in [3.05, 3.63) is 58.1 Å². The lowest BCUT2D eigenvalue weighted by Crippen LogP contribution is -2.03. The van der Waals surface area contributed by atoms with Crippen LogP contribution in [0.25, 0.3) is 0 Å². The lowest BCUT2D eigenvalue weighted by molar-refractivity contribution is 0.629. The predicted molar refractivity (Wildman–Crippen MR) is 70.4 cm³/mol. The van der Waals surface area contributed by atoms with Crippen LogP contribution in [0.3, 0.4) is 0 Å². The molecule has 2 rings (SSSR count). The lowest BCUT2D eigenvalue weighted by Gasteiger charge is -2.07. The highest BCUT2D eigenvalue weighted by molar-refractivity contribution is 9.10. The fraction of sp³-hybridized carbons (Fsp3) is 0.154. The molecule has 1 heterocycles. The average molecular weight is 295 g/mol. The summed E-state index contributed by atoms with van der Waals surface area (Å²) >= 11 is 3.30. The van der Waals surface area contributed by atoms with E-state index in [0.29, 0.717) is 12.2 Å². The Balaban J connectivity index is 2.07. The van der Waals surface area contributed by atoms with Crippen molar-refractivity contribution in [1.29, 1.82) is 0 Å². The molecule has 0 saturated carbocycles. The molecule has 0 aliphatic carbocycles. The maximum Gasteiger partial charge on any atom is 0.146 e. The number of hydrogen-bond acceptors (Lipinski definition) is 2. The monoisotopic (exact) mass is 294 g/mol. The standard InChI is InChI=1S/C13H12BrFN2/c1-9-5-6-12(11(15)7-9)16-8-10-3-2-4-13(14)17-10/h2-7,16H,8H2,1H3. The van der Waals surface area contributed by atoms with Gasteiger partial charge in [0, 0.05) is 0 Å². The molecule has 17 heavy (non-hydrogen) atoms. The molecule has 0 spiro atoms. The van der Waals surface area contributed by atoms with Crippen molar-refractivity contribution < 1.29 is 4.39 Å². The molecule has 0 saturated heterocycles. The van der Waals surface area contributed by atoms with E-state index in [-0.39, 0.29) is 5.82 Å². The van der Waals surface area contributed by atoms with Crippen LogP contribution in [0.2, 0.25) is 0 Å². The highest BCUT2D eigenvalue weighted by Crippen LogP contribution is 2.16. The maximum absolute atomic E-state index is 13.5. The third-order valence-corrected chi connectivity index (χ3v) is 2.80. The number of benzene rings is 1. The van der Waals surface area contributed by atoms with Crippen molar-refractivity contribution in [1.82, 2.24) is 4.98 Å². The van der Waals surface area contributed by atoms with Crippen molar-refractivity contribution in [3.63, 3.8) is 0 Å². The number of nitrogens with zero attached hydrogens (tertiary/aromatic N) is 1. The summed E-state index contributed by atoms with van der Waals surface area (Å²) in [5, 5.41) is 3.03. The molecule has 0 aliphatic rings. The van der Waals surface area contributed by atoms with Gasteiger partial charge < -0.3 is 5.32 Å². The van der Waals surface area contributed by atoms with Crippen molar-refractivity contribution in [2.24, 2.45) is 0 Å². The number of anilines is 1. The van der Waals surface area contributed by atoms with E-state index in [1.54, 1.807) is 6.07 Å². The second-order valence-electron chi connectivity index (χ2n) is 3.79. The molecule has 1 N–H and O–H groups in total. The van der Waals surface area contributed by atoms with Gasteiger partial charge in [-0.15, -0.1) is 0 Å². The number of hydrogen-bond donors (Lipinski definition) is 1. The first-order chi connectivity index (χ1) is 8.15. The van der Waals surface area contributed by atoms with Gasteiger partial charge in [-0.3, -0.25) is 0 Å². The lowest BCUT2D eigenvalue weighted by atomic mass is 10.2. The van der Waals surface area contributed by atoms with Gasteiger partial charge >= 0.3 is 0 Å². The molecule has 0 aliphatic heterocycles. The highest BCUT2D eigenvalue weighted by Gasteiger charge is 2.02. The Hall–Kier alpha value is -1.42. The van der Waals surface area contributed by atoms with Crippen LogP contribution in [0.4, 0.5) is 10.1 Å². The van der Waals surface area contributed by atoms with Crippen molar-refractivity contribution >= 4 is 21.6 Å². The smallest absolute Gasteiger partial charge is 0.146 e. The van der Waals surface area contributed by atoms with Crippen molar-refractivity contribution in [2.75, 3.05) is 5.32 Å². The van der Waals surface area contributed by atoms with Gasteiger partial charge in [-0.25, -0.2) is 9.37 Å². The fourth-order valence-corrected chi connectivity index (χ4v) is 1.88. The topological polar surface area (TPSA) is 24.9 Å². The van der Waals surface area contributed by atoms with Gasteiger partial charge in [0.1, 0.15) is 10.4 Å². The maximum atomic E-state index is 13.5. The van der Waals surface area contributed by atoms with Crippen molar-refractivity contribution in [2.45, 2.75) is 13.5 Å². The van der Waals surface area contributed by atoms with Crippen LogP contribution in [-0.2, 0) is 6.54 Å². The molecule has 2 nitrogen and oxygen atoms in total. The summed E-state index contributed by atoms with van der Waals surface area (Å²) in [5.74, 6) is -0.236. The van der Waals surface area contributed by atoms with Crippen LogP contribution in [0.1, 0.15) is 11.3 Å². The molecule has 1 aromatic carbocycles. The van der Waals surface area contributed by atoms with E-state index in [1.807, 2.05) is 31.2 Å². The number of halogens is 2. The summed E-state index contributed by atoms with van der Waals surface area (Å²) < 4.78 is 14.3. The van der Waals surface area contributed by atoms with Gasteiger partial charge in [-0.05, 0) is 52.7 Å². The minimum atomic E-state index is -0.236. The Morgan fingerprint density at radius 2 is 2.12 bits per heavy atom. The first-order valence-electron chi connectivity index (χ1n) is 5.26. The van der Waals surface area contributed by atoms with Gasteiger partial charge in [0.2, 0.25) is 0 Å². The first kappa shape index (κ1) is 12.0. The van der Waals surface area contributed by atoms with E-state index in [1.165, 1.54) is 6.07 Å². The molecule has 0 bridgehead atoms. The molecule has 0 unspecified atom stereocenters. The molecular weight excluding hydrogens is 283 g/mol. The number of nitrogens with one attached hydrogen (secondary N) is 1. The first-order valence-corrected chi connectivity index (χ1v) is 6.06. The van der Waals surface area contributed by atoms with Crippen LogP contribution in [0, 0.1) is 12.7 Å². The summed E-state index contributed by atoms with van der Waals surface area (Å²) in [5.41, 5.74) is 2.27. The van der Waals surface area contributed by atoms with Crippen LogP contribution >= 0.6 is 15.9 Å². The molecular formula is C13H12BrFN2. The van der Waals surface area contributed by atoms with E-state index in [4.69, 9.17) is 0 Å². The minimum Gasteiger partial charge on any atom is -0.377 e. The molecule has 2 aromatic rings. The number of rotatable bonds is 3. The summed E-state index contributed by atoms with van der Waals surface area (Å²) in [6.45, 7) is 2.36. The molecule has 0 amide bonds. The van der Waals surface area contributed by atoms with E-state index >= 15 is 0 Å². The highest BCUT2D eigenvalue weighted by atomic mass is 79.9. The van der Waals surface area contributed by atoms with Gasteiger partial charge in [0.05, 0.1) is 17.9 Å². The zero-order valence-corrected chi connectivity index (χ0v) is 11.0.